The molecule has 5 aromatic rings. The van der Waals surface area contributed by atoms with Crippen LogP contribution in [-0.2, 0) is 0 Å². The van der Waals surface area contributed by atoms with Gasteiger partial charge in [-0.25, -0.2) is 0 Å². The predicted molar refractivity (Wildman–Crippen MR) is 155 cm³/mol. The molecule has 4 N–H and O–H groups in total. The minimum Gasteiger partial charge on any atom is -0.382 e. The van der Waals surface area contributed by atoms with Gasteiger partial charge in [0, 0.05) is 44.8 Å². The van der Waals surface area contributed by atoms with E-state index in [0.29, 0.717) is 28.1 Å². The Hall–Kier alpha value is -4.07. The fourth-order valence-electron chi connectivity index (χ4n) is 5.09. The van der Waals surface area contributed by atoms with Crippen LogP contribution in [-0.4, -0.2) is 52.2 Å². The Morgan fingerprint density at radius 3 is 2.58 bits per heavy atom. The van der Waals surface area contributed by atoms with E-state index in [9.17, 15) is 4.79 Å². The number of para-hydroxylation sites is 1. The molecule has 1 fully saturated rings. The summed E-state index contributed by atoms with van der Waals surface area (Å²) >= 11 is 6.31. The van der Waals surface area contributed by atoms with Crippen LogP contribution in [0.4, 0.5) is 11.5 Å². The van der Waals surface area contributed by atoms with Gasteiger partial charge in [0.05, 0.1) is 5.69 Å². The van der Waals surface area contributed by atoms with Crippen LogP contribution in [0.25, 0.3) is 33.4 Å². The van der Waals surface area contributed by atoms with Crippen molar-refractivity contribution in [2.45, 2.75) is 18.9 Å². The summed E-state index contributed by atoms with van der Waals surface area (Å²) in [5.41, 5.74) is 6.18. The van der Waals surface area contributed by atoms with Crippen LogP contribution in [0.5, 0.6) is 0 Å². The molecule has 3 heterocycles. The Morgan fingerprint density at radius 2 is 1.79 bits per heavy atom. The van der Waals surface area contributed by atoms with E-state index in [2.05, 4.69) is 43.8 Å². The molecule has 1 amide bonds. The number of piperidine rings is 1. The predicted octanol–water partition coefficient (Wildman–Crippen LogP) is 6.64. The zero-order valence-corrected chi connectivity index (χ0v) is 21.8. The number of fused-ring (bicyclic) bond motifs is 1. The first-order valence-corrected chi connectivity index (χ1v) is 13.2. The van der Waals surface area contributed by atoms with Crippen LogP contribution >= 0.6 is 11.6 Å². The number of benzene rings is 3. The molecule has 0 bridgehead atoms. The van der Waals surface area contributed by atoms with Gasteiger partial charge in [-0.2, -0.15) is 5.10 Å². The molecule has 0 spiro atoms. The highest BCUT2D eigenvalue weighted by molar-refractivity contribution is 6.31. The number of hydrogen-bond donors (Lipinski definition) is 4. The topological polar surface area (TPSA) is 88.8 Å². The molecule has 6 rings (SSSR count). The van der Waals surface area contributed by atoms with E-state index in [0.717, 1.165) is 59.3 Å². The molecular weight excluding hydrogens is 496 g/mol. The average molecular weight is 525 g/mol. The number of aromatic amines is 2. The van der Waals surface area contributed by atoms with Crippen molar-refractivity contribution in [3.05, 3.63) is 89.4 Å². The maximum absolute atomic E-state index is 13.0. The third-order valence-corrected chi connectivity index (χ3v) is 7.37. The number of amides is 1. The number of carbonyl (C=O) groups excluding carboxylic acids is 1. The van der Waals surface area contributed by atoms with Crippen LogP contribution in [0, 0.1) is 0 Å². The largest absolute Gasteiger partial charge is 0.382 e. The average Bonchev–Trinajstić information content (AvgIpc) is 3.55. The summed E-state index contributed by atoms with van der Waals surface area (Å²) in [6.45, 7) is 2.20. The SMILES string of the molecule is CN1CCC(Nc2ccc(C(=O)Nc3cc(-c4[nH]c5ccccc5c4-c4cccc(Cl)c4)n[nH]3)cc2)CC1. The molecule has 0 saturated carbocycles. The monoisotopic (exact) mass is 524 g/mol. The minimum atomic E-state index is -0.197. The van der Waals surface area contributed by atoms with Crippen molar-refractivity contribution in [1.29, 1.82) is 0 Å². The number of rotatable bonds is 6. The van der Waals surface area contributed by atoms with Crippen LogP contribution in [0.15, 0.2) is 78.9 Å². The molecule has 192 valence electrons. The Morgan fingerprint density at radius 1 is 1.00 bits per heavy atom. The number of nitrogens with one attached hydrogen (secondary N) is 4. The number of nitrogens with zero attached hydrogens (tertiary/aromatic N) is 2. The molecule has 1 aliphatic rings. The number of carbonyl (C=O) groups is 1. The molecule has 3 aromatic carbocycles. The fraction of sp³-hybridized carbons (Fsp3) is 0.200. The van der Waals surface area contributed by atoms with Gasteiger partial charge in [-0.15, -0.1) is 0 Å². The van der Waals surface area contributed by atoms with Crippen molar-refractivity contribution in [2.75, 3.05) is 30.8 Å². The summed E-state index contributed by atoms with van der Waals surface area (Å²) < 4.78 is 0. The lowest BCUT2D eigenvalue weighted by molar-refractivity contribution is 0.102. The van der Waals surface area contributed by atoms with Gasteiger partial charge >= 0.3 is 0 Å². The van der Waals surface area contributed by atoms with Crippen LogP contribution in [0.3, 0.4) is 0 Å². The van der Waals surface area contributed by atoms with E-state index in [1.54, 1.807) is 0 Å². The first-order chi connectivity index (χ1) is 18.5. The Bertz CT molecular complexity index is 1580. The van der Waals surface area contributed by atoms with Gasteiger partial charge in [-0.1, -0.05) is 41.9 Å². The molecule has 1 saturated heterocycles. The molecule has 8 heteroatoms. The van der Waals surface area contributed by atoms with Gasteiger partial charge in [0.1, 0.15) is 11.5 Å². The lowest BCUT2D eigenvalue weighted by Gasteiger charge is -2.30. The van der Waals surface area contributed by atoms with E-state index in [-0.39, 0.29) is 5.91 Å². The number of aromatic nitrogens is 3. The van der Waals surface area contributed by atoms with Crippen molar-refractivity contribution < 1.29 is 4.79 Å². The van der Waals surface area contributed by atoms with Gasteiger partial charge in [0.15, 0.2) is 0 Å². The summed E-state index contributed by atoms with van der Waals surface area (Å²) in [6.07, 6.45) is 2.24. The van der Waals surface area contributed by atoms with E-state index in [1.807, 2.05) is 72.8 Å². The van der Waals surface area contributed by atoms with E-state index in [4.69, 9.17) is 11.6 Å². The van der Waals surface area contributed by atoms with Gasteiger partial charge in [-0.3, -0.25) is 9.89 Å². The molecule has 0 aliphatic carbocycles. The van der Waals surface area contributed by atoms with Crippen LogP contribution in [0.1, 0.15) is 23.2 Å². The number of H-pyrrole nitrogens is 2. The summed E-state index contributed by atoms with van der Waals surface area (Å²) in [5, 5.41) is 15.7. The Kier molecular flexibility index (Phi) is 6.62. The molecule has 0 atom stereocenters. The zero-order chi connectivity index (χ0) is 26.1. The quantitative estimate of drug-likeness (QED) is 0.200. The lowest BCUT2D eigenvalue weighted by atomic mass is 10.0. The van der Waals surface area contributed by atoms with Gasteiger partial charge < -0.3 is 20.5 Å². The second-order valence-corrected chi connectivity index (χ2v) is 10.3. The standard InChI is InChI=1S/C30H29ClN6O/c1-37-15-13-23(14-16-37)32-22-11-9-19(10-12-22)30(38)34-27-18-26(35-36-27)29-28(20-5-4-6-21(31)17-20)24-7-2-3-8-25(24)33-29/h2-12,17-18,23,32-33H,13-16H2,1H3,(H2,34,35,36,38). The van der Waals surface area contributed by atoms with E-state index < -0.39 is 0 Å². The Balaban J connectivity index is 1.20. The van der Waals surface area contributed by atoms with Crippen molar-refractivity contribution in [1.82, 2.24) is 20.1 Å². The van der Waals surface area contributed by atoms with Crippen molar-refractivity contribution >= 4 is 39.9 Å². The normalized spacial score (nSPS) is 14.6. The summed E-state index contributed by atoms with van der Waals surface area (Å²) in [5.74, 6) is 0.326. The molecular formula is C30H29ClN6O. The maximum Gasteiger partial charge on any atom is 0.256 e. The summed E-state index contributed by atoms with van der Waals surface area (Å²) in [6, 6.07) is 25.8. The zero-order valence-electron chi connectivity index (χ0n) is 21.1. The molecule has 0 radical (unpaired) electrons. The molecule has 1 aliphatic heterocycles. The Labute approximate surface area is 226 Å². The second kappa shape index (κ2) is 10.4. The third kappa shape index (κ3) is 5.03. The fourth-order valence-corrected chi connectivity index (χ4v) is 5.28. The van der Waals surface area contributed by atoms with Gasteiger partial charge in [0.2, 0.25) is 0 Å². The van der Waals surface area contributed by atoms with Crippen molar-refractivity contribution in [2.24, 2.45) is 0 Å². The van der Waals surface area contributed by atoms with E-state index >= 15 is 0 Å². The molecule has 2 aromatic heterocycles. The minimum absolute atomic E-state index is 0.197. The smallest absolute Gasteiger partial charge is 0.256 e. The third-order valence-electron chi connectivity index (χ3n) is 7.14. The van der Waals surface area contributed by atoms with Gasteiger partial charge in [0.25, 0.3) is 5.91 Å². The molecule has 38 heavy (non-hydrogen) atoms. The summed E-state index contributed by atoms with van der Waals surface area (Å²) in [7, 11) is 2.16. The first kappa shape index (κ1) is 24.3. The number of likely N-dealkylation sites (tertiary alicyclic amines) is 1. The van der Waals surface area contributed by atoms with E-state index in [1.165, 1.54) is 0 Å². The number of hydrogen-bond acceptors (Lipinski definition) is 4. The second-order valence-electron chi connectivity index (χ2n) is 9.85. The summed E-state index contributed by atoms with van der Waals surface area (Å²) in [4.78, 5) is 18.8. The van der Waals surface area contributed by atoms with Crippen LogP contribution < -0.4 is 10.6 Å². The number of anilines is 2. The van der Waals surface area contributed by atoms with Crippen molar-refractivity contribution in [3.8, 4) is 22.5 Å². The molecule has 0 unspecified atom stereocenters. The highest BCUT2D eigenvalue weighted by Gasteiger charge is 2.19. The highest BCUT2D eigenvalue weighted by Crippen LogP contribution is 2.38. The van der Waals surface area contributed by atoms with Crippen molar-refractivity contribution in [3.63, 3.8) is 0 Å². The first-order valence-electron chi connectivity index (χ1n) is 12.8. The number of halogens is 1. The lowest BCUT2D eigenvalue weighted by Crippen LogP contribution is -2.36. The molecule has 7 nitrogen and oxygen atoms in total. The maximum atomic E-state index is 13.0. The highest BCUT2D eigenvalue weighted by atomic mass is 35.5. The van der Waals surface area contributed by atoms with Gasteiger partial charge in [-0.05, 0) is 81.0 Å². The van der Waals surface area contributed by atoms with Crippen LogP contribution in [0.2, 0.25) is 5.02 Å².